The number of aliphatic hydroxyl groups is 2. The SMILES string of the molecule is CCCNc1ncc(F)cc1C(=O)N(CCO)CCO. The van der Waals surface area contributed by atoms with Crippen LogP contribution in [-0.4, -0.2) is 58.9 Å². The van der Waals surface area contributed by atoms with Gasteiger partial charge in [0.1, 0.15) is 11.6 Å². The first kappa shape index (κ1) is 16.3. The Kier molecular flexibility index (Phi) is 6.89. The van der Waals surface area contributed by atoms with Crippen molar-refractivity contribution in [1.29, 1.82) is 0 Å². The third-order valence-corrected chi connectivity index (χ3v) is 2.65. The number of aromatic nitrogens is 1. The molecule has 0 spiro atoms. The maximum absolute atomic E-state index is 13.3. The Balaban J connectivity index is 3.01. The van der Waals surface area contributed by atoms with Crippen LogP contribution in [0.4, 0.5) is 10.2 Å². The topological polar surface area (TPSA) is 85.7 Å². The van der Waals surface area contributed by atoms with Gasteiger partial charge in [0.25, 0.3) is 5.91 Å². The lowest BCUT2D eigenvalue weighted by Crippen LogP contribution is -2.36. The zero-order chi connectivity index (χ0) is 15.0. The number of hydrogen-bond donors (Lipinski definition) is 3. The highest BCUT2D eigenvalue weighted by Gasteiger charge is 2.20. The van der Waals surface area contributed by atoms with E-state index in [1.165, 1.54) is 4.90 Å². The van der Waals surface area contributed by atoms with E-state index < -0.39 is 11.7 Å². The Morgan fingerprint density at radius 1 is 1.40 bits per heavy atom. The van der Waals surface area contributed by atoms with Crippen molar-refractivity contribution in [2.45, 2.75) is 13.3 Å². The summed E-state index contributed by atoms with van der Waals surface area (Å²) < 4.78 is 13.3. The average molecular weight is 285 g/mol. The lowest BCUT2D eigenvalue weighted by molar-refractivity contribution is 0.0685. The van der Waals surface area contributed by atoms with Gasteiger partial charge in [0.2, 0.25) is 0 Å². The van der Waals surface area contributed by atoms with E-state index in [1.807, 2.05) is 6.92 Å². The van der Waals surface area contributed by atoms with Crippen LogP contribution in [0.5, 0.6) is 0 Å². The normalized spacial score (nSPS) is 10.4. The number of aliphatic hydroxyl groups excluding tert-OH is 2. The molecule has 1 amide bonds. The van der Waals surface area contributed by atoms with Gasteiger partial charge in [-0.15, -0.1) is 0 Å². The van der Waals surface area contributed by atoms with Crippen LogP contribution >= 0.6 is 0 Å². The van der Waals surface area contributed by atoms with Crippen LogP contribution in [0.3, 0.4) is 0 Å². The van der Waals surface area contributed by atoms with Crippen LogP contribution < -0.4 is 5.32 Å². The molecular weight excluding hydrogens is 265 g/mol. The third-order valence-electron chi connectivity index (χ3n) is 2.65. The minimum absolute atomic E-state index is 0.0725. The molecule has 112 valence electrons. The first-order valence-corrected chi connectivity index (χ1v) is 6.54. The number of nitrogens with zero attached hydrogens (tertiary/aromatic N) is 2. The van der Waals surface area contributed by atoms with E-state index in [0.29, 0.717) is 12.4 Å². The summed E-state index contributed by atoms with van der Waals surface area (Å²) >= 11 is 0. The number of anilines is 1. The molecule has 1 rings (SSSR count). The molecule has 1 aromatic rings. The lowest BCUT2D eigenvalue weighted by atomic mass is 10.2. The van der Waals surface area contributed by atoms with Gasteiger partial charge in [0, 0.05) is 19.6 Å². The largest absolute Gasteiger partial charge is 0.395 e. The molecule has 0 fully saturated rings. The number of nitrogens with one attached hydrogen (secondary N) is 1. The van der Waals surface area contributed by atoms with Crippen LogP contribution in [-0.2, 0) is 0 Å². The third kappa shape index (κ3) is 4.43. The van der Waals surface area contributed by atoms with Crippen molar-refractivity contribution in [3.63, 3.8) is 0 Å². The van der Waals surface area contributed by atoms with Gasteiger partial charge in [-0.3, -0.25) is 4.79 Å². The quantitative estimate of drug-likeness (QED) is 0.646. The summed E-state index contributed by atoms with van der Waals surface area (Å²) in [6.07, 6.45) is 1.88. The van der Waals surface area contributed by atoms with Crippen LogP contribution in [0, 0.1) is 5.82 Å². The zero-order valence-electron chi connectivity index (χ0n) is 11.5. The molecule has 0 aliphatic carbocycles. The van der Waals surface area contributed by atoms with Gasteiger partial charge in [-0.1, -0.05) is 6.92 Å². The fourth-order valence-electron chi connectivity index (χ4n) is 1.71. The highest BCUT2D eigenvalue weighted by Crippen LogP contribution is 2.16. The number of carbonyl (C=O) groups excluding carboxylic acids is 1. The van der Waals surface area contributed by atoms with Crippen LogP contribution in [0.15, 0.2) is 12.3 Å². The maximum Gasteiger partial charge on any atom is 0.257 e. The molecule has 0 saturated carbocycles. The maximum atomic E-state index is 13.3. The van der Waals surface area contributed by atoms with Crippen molar-refractivity contribution in [3.8, 4) is 0 Å². The van der Waals surface area contributed by atoms with E-state index in [9.17, 15) is 9.18 Å². The zero-order valence-corrected chi connectivity index (χ0v) is 11.5. The lowest BCUT2D eigenvalue weighted by Gasteiger charge is -2.22. The molecule has 1 aromatic heterocycles. The second kappa shape index (κ2) is 8.44. The van der Waals surface area contributed by atoms with Crippen molar-refractivity contribution in [2.24, 2.45) is 0 Å². The van der Waals surface area contributed by atoms with Crippen LogP contribution in [0.2, 0.25) is 0 Å². The first-order chi connectivity index (χ1) is 9.63. The summed E-state index contributed by atoms with van der Waals surface area (Å²) in [5.41, 5.74) is 0.0975. The smallest absolute Gasteiger partial charge is 0.257 e. The molecular formula is C13H20FN3O3. The second-order valence-corrected chi connectivity index (χ2v) is 4.22. The average Bonchev–Trinajstić information content (AvgIpc) is 2.45. The molecule has 6 nitrogen and oxygen atoms in total. The van der Waals surface area contributed by atoms with E-state index >= 15 is 0 Å². The number of halogens is 1. The van der Waals surface area contributed by atoms with E-state index in [1.54, 1.807) is 0 Å². The van der Waals surface area contributed by atoms with Crippen molar-refractivity contribution in [1.82, 2.24) is 9.88 Å². The summed E-state index contributed by atoms with van der Waals surface area (Å²) in [4.78, 5) is 17.5. The first-order valence-electron chi connectivity index (χ1n) is 6.54. The molecule has 0 atom stereocenters. The van der Waals surface area contributed by atoms with Gasteiger partial charge in [0.15, 0.2) is 0 Å². The van der Waals surface area contributed by atoms with Gasteiger partial charge >= 0.3 is 0 Å². The summed E-state index contributed by atoms with van der Waals surface area (Å²) in [5, 5.41) is 20.8. The number of rotatable bonds is 8. The minimum atomic E-state index is -0.608. The van der Waals surface area contributed by atoms with Crippen molar-refractivity contribution in [3.05, 3.63) is 23.6 Å². The van der Waals surface area contributed by atoms with Gasteiger partial charge < -0.3 is 20.4 Å². The van der Waals surface area contributed by atoms with Gasteiger partial charge in [-0.05, 0) is 12.5 Å². The minimum Gasteiger partial charge on any atom is -0.395 e. The summed E-state index contributed by atoms with van der Waals surface area (Å²) in [7, 11) is 0. The Hall–Kier alpha value is -1.73. The standard InChI is InChI=1S/C13H20FN3O3/c1-2-3-15-12-11(8-10(14)9-16-12)13(20)17(4-6-18)5-7-19/h8-9,18-19H,2-7H2,1H3,(H,15,16). The highest BCUT2D eigenvalue weighted by molar-refractivity contribution is 5.98. The van der Waals surface area contributed by atoms with Gasteiger partial charge in [-0.2, -0.15) is 0 Å². The highest BCUT2D eigenvalue weighted by atomic mass is 19.1. The van der Waals surface area contributed by atoms with Crippen molar-refractivity contribution in [2.75, 3.05) is 38.2 Å². The molecule has 0 aromatic carbocycles. The Bertz CT molecular complexity index is 437. The number of hydrogen-bond acceptors (Lipinski definition) is 5. The van der Waals surface area contributed by atoms with Crippen LogP contribution in [0.25, 0.3) is 0 Å². The van der Waals surface area contributed by atoms with E-state index in [-0.39, 0.29) is 31.9 Å². The fraction of sp³-hybridized carbons (Fsp3) is 0.538. The number of amides is 1. The van der Waals surface area contributed by atoms with Gasteiger partial charge in [0.05, 0.1) is 25.0 Å². The molecule has 0 saturated heterocycles. The molecule has 20 heavy (non-hydrogen) atoms. The molecule has 3 N–H and O–H groups in total. The predicted molar refractivity (Wildman–Crippen MR) is 73.1 cm³/mol. The summed E-state index contributed by atoms with van der Waals surface area (Å²) in [5.74, 6) is -0.777. The van der Waals surface area contributed by atoms with E-state index in [0.717, 1.165) is 18.7 Å². The second-order valence-electron chi connectivity index (χ2n) is 4.22. The number of pyridine rings is 1. The Morgan fingerprint density at radius 3 is 2.60 bits per heavy atom. The molecule has 0 unspecified atom stereocenters. The fourth-order valence-corrected chi connectivity index (χ4v) is 1.71. The summed E-state index contributed by atoms with van der Waals surface area (Å²) in [6.45, 7) is 2.26. The van der Waals surface area contributed by atoms with Gasteiger partial charge in [-0.25, -0.2) is 9.37 Å². The Labute approximate surface area is 117 Å². The van der Waals surface area contributed by atoms with Crippen molar-refractivity contribution < 1.29 is 19.4 Å². The molecule has 0 bridgehead atoms. The van der Waals surface area contributed by atoms with E-state index in [4.69, 9.17) is 10.2 Å². The van der Waals surface area contributed by atoms with E-state index in [2.05, 4.69) is 10.3 Å². The predicted octanol–water partition coefficient (Wildman–Crippen LogP) is 0.469. The molecule has 0 aliphatic rings. The molecule has 7 heteroatoms. The Morgan fingerprint density at radius 2 is 2.05 bits per heavy atom. The molecule has 0 aliphatic heterocycles. The molecule has 1 heterocycles. The molecule has 0 radical (unpaired) electrons. The van der Waals surface area contributed by atoms with Crippen LogP contribution in [0.1, 0.15) is 23.7 Å². The monoisotopic (exact) mass is 285 g/mol. The number of carbonyl (C=O) groups is 1. The summed E-state index contributed by atoms with van der Waals surface area (Å²) in [6, 6.07) is 1.11. The van der Waals surface area contributed by atoms with Crippen molar-refractivity contribution >= 4 is 11.7 Å².